The summed E-state index contributed by atoms with van der Waals surface area (Å²) < 4.78 is 0. The molecule has 0 bridgehead atoms. The molecule has 1 amide bonds. The first-order valence-corrected chi connectivity index (χ1v) is 8.72. The lowest BCUT2D eigenvalue weighted by molar-refractivity contribution is 0.0763. The van der Waals surface area contributed by atoms with Gasteiger partial charge < -0.3 is 9.88 Å². The van der Waals surface area contributed by atoms with Gasteiger partial charge >= 0.3 is 0 Å². The van der Waals surface area contributed by atoms with Gasteiger partial charge in [0.2, 0.25) is 0 Å². The monoisotopic (exact) mass is 358 g/mol. The third-order valence-corrected chi connectivity index (χ3v) is 5.16. The van der Waals surface area contributed by atoms with Crippen molar-refractivity contribution >= 4 is 40.0 Å². The van der Waals surface area contributed by atoms with Crippen molar-refractivity contribution in [3.05, 3.63) is 69.3 Å². The fourth-order valence-electron chi connectivity index (χ4n) is 3.40. The van der Waals surface area contributed by atoms with Crippen LogP contribution in [0.5, 0.6) is 0 Å². The molecule has 5 heteroatoms. The van der Waals surface area contributed by atoms with Gasteiger partial charge in [-0.25, -0.2) is 0 Å². The summed E-state index contributed by atoms with van der Waals surface area (Å²) in [5.41, 5.74) is 4.23. The van der Waals surface area contributed by atoms with E-state index in [0.717, 1.165) is 12.8 Å². The maximum atomic E-state index is 12.8. The Morgan fingerprint density at radius 1 is 1.04 bits per heavy atom. The second-order valence-corrected chi connectivity index (χ2v) is 6.89. The van der Waals surface area contributed by atoms with Gasteiger partial charge in [-0.15, -0.1) is 0 Å². The van der Waals surface area contributed by atoms with Crippen LogP contribution in [0.4, 0.5) is 0 Å². The number of nitrogens with one attached hydrogen (secondary N) is 1. The molecule has 2 heterocycles. The summed E-state index contributed by atoms with van der Waals surface area (Å²) in [7, 11) is 0. The molecule has 0 fully saturated rings. The molecule has 0 unspecified atom stereocenters. The molecule has 0 spiro atoms. The van der Waals surface area contributed by atoms with E-state index >= 15 is 0 Å². The maximum Gasteiger partial charge on any atom is 0.255 e. The molecule has 1 aliphatic heterocycles. The summed E-state index contributed by atoms with van der Waals surface area (Å²) >= 11 is 12.1. The number of hydrogen-bond donors (Lipinski definition) is 1. The van der Waals surface area contributed by atoms with Gasteiger partial charge in [0.1, 0.15) is 0 Å². The Balaban J connectivity index is 1.60. The van der Waals surface area contributed by atoms with Gasteiger partial charge in [0.15, 0.2) is 0 Å². The zero-order valence-corrected chi connectivity index (χ0v) is 14.5. The summed E-state index contributed by atoms with van der Waals surface area (Å²) in [6, 6.07) is 13.3. The smallest absolute Gasteiger partial charge is 0.255 e. The van der Waals surface area contributed by atoms with Gasteiger partial charge in [-0.2, -0.15) is 0 Å². The molecule has 24 heavy (non-hydrogen) atoms. The molecule has 1 aliphatic rings. The van der Waals surface area contributed by atoms with Gasteiger partial charge in [0.25, 0.3) is 5.91 Å². The average molecular weight is 359 g/mol. The van der Waals surface area contributed by atoms with Crippen molar-refractivity contribution in [1.82, 2.24) is 9.88 Å². The minimum Gasteiger partial charge on any atom is -0.358 e. The normalized spacial score (nSPS) is 14.5. The molecule has 0 saturated carbocycles. The van der Waals surface area contributed by atoms with Crippen LogP contribution in [0, 0.1) is 0 Å². The Labute approximate surface area is 150 Å². The van der Waals surface area contributed by atoms with Crippen LogP contribution in [0.15, 0.2) is 42.5 Å². The average Bonchev–Trinajstić information content (AvgIpc) is 2.79. The largest absolute Gasteiger partial charge is 0.358 e. The molecule has 3 aromatic rings. The standard InChI is InChI=1S/C19H16Cl2N2O/c20-12-5-6-15(16(21)11-12)19(24)23-9-7-14-13-3-1-2-4-17(13)22-18(14)8-10-23/h1-6,11,22H,7-10H2. The van der Waals surface area contributed by atoms with E-state index in [9.17, 15) is 4.79 Å². The molecule has 4 rings (SSSR count). The Bertz CT molecular complexity index is 932. The number of aromatic nitrogens is 1. The van der Waals surface area contributed by atoms with E-state index < -0.39 is 0 Å². The number of benzene rings is 2. The lowest BCUT2D eigenvalue weighted by atomic mass is 10.1. The minimum atomic E-state index is -0.0360. The van der Waals surface area contributed by atoms with Crippen LogP contribution in [0.1, 0.15) is 21.6 Å². The van der Waals surface area contributed by atoms with E-state index in [-0.39, 0.29) is 5.91 Å². The number of para-hydroxylation sites is 1. The van der Waals surface area contributed by atoms with Crippen LogP contribution in [0.3, 0.4) is 0 Å². The number of carbonyl (C=O) groups is 1. The summed E-state index contributed by atoms with van der Waals surface area (Å²) in [4.78, 5) is 18.2. The Kier molecular flexibility index (Phi) is 3.99. The van der Waals surface area contributed by atoms with Gasteiger partial charge in [0, 0.05) is 41.1 Å². The van der Waals surface area contributed by atoms with Crippen molar-refractivity contribution in [3.63, 3.8) is 0 Å². The lowest BCUT2D eigenvalue weighted by Gasteiger charge is -2.21. The molecule has 0 saturated heterocycles. The number of carbonyl (C=O) groups excluding carboxylic acids is 1. The van der Waals surface area contributed by atoms with Crippen LogP contribution in [0.25, 0.3) is 10.9 Å². The number of H-pyrrole nitrogens is 1. The van der Waals surface area contributed by atoms with Gasteiger partial charge in [-0.3, -0.25) is 4.79 Å². The number of nitrogens with zero attached hydrogens (tertiary/aromatic N) is 1. The molecule has 1 N–H and O–H groups in total. The number of fused-ring (bicyclic) bond motifs is 3. The summed E-state index contributed by atoms with van der Waals surface area (Å²) in [5, 5.41) is 2.20. The zero-order chi connectivity index (χ0) is 16.7. The highest BCUT2D eigenvalue weighted by Gasteiger charge is 2.23. The lowest BCUT2D eigenvalue weighted by Crippen LogP contribution is -2.33. The first kappa shape index (κ1) is 15.6. The number of amides is 1. The van der Waals surface area contributed by atoms with E-state index in [4.69, 9.17) is 23.2 Å². The molecular formula is C19H16Cl2N2O. The van der Waals surface area contributed by atoms with Crippen LogP contribution in [-0.2, 0) is 12.8 Å². The molecule has 3 nitrogen and oxygen atoms in total. The van der Waals surface area contributed by atoms with Crippen molar-refractivity contribution in [2.24, 2.45) is 0 Å². The first-order valence-electron chi connectivity index (χ1n) is 7.96. The SMILES string of the molecule is O=C(c1ccc(Cl)cc1Cl)N1CCc2[nH]c3ccccc3c2CC1. The Morgan fingerprint density at radius 3 is 2.67 bits per heavy atom. The highest BCUT2D eigenvalue weighted by molar-refractivity contribution is 6.36. The van der Waals surface area contributed by atoms with E-state index in [1.165, 1.54) is 22.2 Å². The zero-order valence-electron chi connectivity index (χ0n) is 13.0. The van der Waals surface area contributed by atoms with Crippen LogP contribution in [-0.4, -0.2) is 28.9 Å². The highest BCUT2D eigenvalue weighted by atomic mass is 35.5. The van der Waals surface area contributed by atoms with Crippen LogP contribution < -0.4 is 0 Å². The molecule has 0 aliphatic carbocycles. The quantitative estimate of drug-likeness (QED) is 0.671. The van der Waals surface area contributed by atoms with E-state index in [2.05, 4.69) is 23.2 Å². The Morgan fingerprint density at radius 2 is 1.83 bits per heavy atom. The van der Waals surface area contributed by atoms with E-state index in [1.54, 1.807) is 18.2 Å². The second kappa shape index (κ2) is 6.15. The van der Waals surface area contributed by atoms with Crippen molar-refractivity contribution in [2.75, 3.05) is 13.1 Å². The molecular weight excluding hydrogens is 343 g/mol. The second-order valence-electron chi connectivity index (χ2n) is 6.04. The van der Waals surface area contributed by atoms with Crippen LogP contribution >= 0.6 is 23.2 Å². The van der Waals surface area contributed by atoms with Gasteiger partial charge in [-0.1, -0.05) is 41.4 Å². The molecule has 0 radical (unpaired) electrons. The molecule has 122 valence electrons. The number of hydrogen-bond acceptors (Lipinski definition) is 1. The molecule has 0 atom stereocenters. The summed E-state index contributed by atoms with van der Waals surface area (Å²) in [5.74, 6) is -0.0360. The molecule has 2 aromatic carbocycles. The highest BCUT2D eigenvalue weighted by Crippen LogP contribution is 2.27. The summed E-state index contributed by atoms with van der Waals surface area (Å²) in [6.45, 7) is 1.37. The topological polar surface area (TPSA) is 36.1 Å². The number of rotatable bonds is 1. The fraction of sp³-hybridized carbons (Fsp3) is 0.211. The van der Waals surface area contributed by atoms with Crippen molar-refractivity contribution in [3.8, 4) is 0 Å². The van der Waals surface area contributed by atoms with E-state index in [1.807, 2.05) is 11.0 Å². The maximum absolute atomic E-state index is 12.8. The van der Waals surface area contributed by atoms with Crippen molar-refractivity contribution in [2.45, 2.75) is 12.8 Å². The predicted molar refractivity (Wildman–Crippen MR) is 98.1 cm³/mol. The van der Waals surface area contributed by atoms with Crippen molar-refractivity contribution in [1.29, 1.82) is 0 Å². The Hall–Kier alpha value is -1.97. The third kappa shape index (κ3) is 2.68. The first-order chi connectivity index (χ1) is 11.6. The van der Waals surface area contributed by atoms with Crippen LogP contribution in [0.2, 0.25) is 10.0 Å². The fourth-order valence-corrected chi connectivity index (χ4v) is 3.89. The minimum absolute atomic E-state index is 0.0360. The van der Waals surface area contributed by atoms with Gasteiger partial charge in [0.05, 0.1) is 10.6 Å². The third-order valence-electron chi connectivity index (χ3n) is 4.61. The predicted octanol–water partition coefficient (Wildman–Crippen LogP) is 4.72. The number of aromatic amines is 1. The van der Waals surface area contributed by atoms with Gasteiger partial charge in [-0.05, 0) is 36.2 Å². The molecule has 1 aromatic heterocycles. The van der Waals surface area contributed by atoms with Crippen molar-refractivity contribution < 1.29 is 4.79 Å². The number of halogens is 2. The van der Waals surface area contributed by atoms with E-state index in [0.29, 0.717) is 28.7 Å². The summed E-state index contributed by atoms with van der Waals surface area (Å²) in [6.07, 6.45) is 1.66.